The molecular weight excluding hydrogens is 218 g/mol. The lowest BCUT2D eigenvalue weighted by molar-refractivity contribution is 0.141. The van der Waals surface area contributed by atoms with Gasteiger partial charge in [0.15, 0.2) is 0 Å². The monoisotopic (exact) mass is 235 g/mol. The van der Waals surface area contributed by atoms with Crippen molar-refractivity contribution < 1.29 is 14.7 Å². The first kappa shape index (κ1) is 11.9. The summed E-state index contributed by atoms with van der Waals surface area (Å²) >= 11 is 0. The third-order valence-corrected chi connectivity index (χ3v) is 2.83. The molecule has 4 nitrogen and oxygen atoms in total. The van der Waals surface area contributed by atoms with Crippen LogP contribution in [-0.2, 0) is 4.74 Å². The molecule has 0 bridgehead atoms. The summed E-state index contributed by atoms with van der Waals surface area (Å²) in [6.07, 6.45) is 1.81. The molecule has 0 amide bonds. The molecule has 1 fully saturated rings. The molecule has 1 heterocycles. The van der Waals surface area contributed by atoms with Crippen molar-refractivity contribution in [1.82, 2.24) is 0 Å². The van der Waals surface area contributed by atoms with E-state index >= 15 is 0 Å². The lowest BCUT2D eigenvalue weighted by Crippen LogP contribution is -2.15. The van der Waals surface area contributed by atoms with Gasteiger partial charge < -0.3 is 14.7 Å². The molecule has 1 aromatic rings. The molecule has 0 aromatic heterocycles. The summed E-state index contributed by atoms with van der Waals surface area (Å²) in [4.78, 5) is 0. The van der Waals surface area contributed by atoms with Gasteiger partial charge in [-0.15, -0.1) is 0 Å². The fraction of sp³-hybridized carbons (Fsp3) is 0.462. The van der Waals surface area contributed by atoms with Crippen LogP contribution < -0.4 is 4.74 Å². The quantitative estimate of drug-likeness (QED) is 0.495. The molecule has 1 saturated heterocycles. The first-order valence-electron chi connectivity index (χ1n) is 5.89. The van der Waals surface area contributed by atoms with E-state index in [1.54, 1.807) is 0 Å². The number of rotatable bonds is 4. The van der Waals surface area contributed by atoms with Crippen LogP contribution in [0.5, 0.6) is 5.75 Å². The van der Waals surface area contributed by atoms with E-state index in [9.17, 15) is 0 Å². The van der Waals surface area contributed by atoms with Crippen LogP contribution in [0.1, 0.15) is 25.3 Å². The summed E-state index contributed by atoms with van der Waals surface area (Å²) < 4.78 is 11.0. The van der Waals surface area contributed by atoms with Gasteiger partial charge in [-0.1, -0.05) is 12.1 Å². The molecule has 1 aliphatic rings. The van der Waals surface area contributed by atoms with Gasteiger partial charge in [0.1, 0.15) is 11.9 Å². The highest BCUT2D eigenvalue weighted by Gasteiger charge is 2.16. The van der Waals surface area contributed by atoms with Gasteiger partial charge in [-0.05, 0) is 36.2 Å². The normalized spacial score (nSPS) is 20.5. The Kier molecular flexibility index (Phi) is 3.98. The minimum absolute atomic E-state index is 0.165. The smallest absolute Gasteiger partial charge is 0.124 e. The molecule has 0 saturated carbocycles. The zero-order valence-corrected chi connectivity index (χ0v) is 9.93. The van der Waals surface area contributed by atoms with Gasteiger partial charge in [-0.25, -0.2) is 0 Å². The first-order valence-corrected chi connectivity index (χ1v) is 5.89. The van der Waals surface area contributed by atoms with E-state index in [1.807, 2.05) is 31.2 Å². The molecule has 1 atom stereocenters. The third-order valence-electron chi connectivity index (χ3n) is 2.83. The van der Waals surface area contributed by atoms with Crippen molar-refractivity contribution >= 4 is 5.71 Å². The van der Waals surface area contributed by atoms with E-state index in [1.165, 1.54) is 0 Å². The SMILES string of the molecule is CCC(=NO)c1ccc(OC2CCOC2)cc1. The molecule has 1 aliphatic heterocycles. The highest BCUT2D eigenvalue weighted by Crippen LogP contribution is 2.18. The van der Waals surface area contributed by atoms with Crippen molar-refractivity contribution in [3.63, 3.8) is 0 Å². The van der Waals surface area contributed by atoms with Gasteiger partial charge in [-0.3, -0.25) is 0 Å². The molecule has 17 heavy (non-hydrogen) atoms. The largest absolute Gasteiger partial charge is 0.488 e. The number of oxime groups is 1. The maximum absolute atomic E-state index is 8.82. The van der Waals surface area contributed by atoms with Crippen molar-refractivity contribution in [2.24, 2.45) is 5.16 Å². The molecular formula is C13H17NO3. The number of ether oxygens (including phenoxy) is 2. The molecule has 2 rings (SSSR count). The molecule has 4 heteroatoms. The summed E-state index contributed by atoms with van der Waals surface area (Å²) in [5, 5.41) is 12.1. The molecule has 0 spiro atoms. The van der Waals surface area contributed by atoms with Gasteiger partial charge in [0, 0.05) is 6.42 Å². The lowest BCUT2D eigenvalue weighted by atomic mass is 10.1. The summed E-state index contributed by atoms with van der Waals surface area (Å²) in [5.41, 5.74) is 1.60. The molecule has 0 radical (unpaired) electrons. The van der Waals surface area contributed by atoms with Crippen LogP contribution in [0, 0.1) is 0 Å². The number of nitrogens with zero attached hydrogens (tertiary/aromatic N) is 1. The summed E-state index contributed by atoms with van der Waals surface area (Å²) in [5.74, 6) is 0.831. The van der Waals surface area contributed by atoms with E-state index in [2.05, 4.69) is 5.16 Å². The summed E-state index contributed by atoms with van der Waals surface area (Å²) in [6.45, 7) is 3.40. The topological polar surface area (TPSA) is 51.1 Å². The number of hydrogen-bond acceptors (Lipinski definition) is 4. The molecule has 1 N–H and O–H groups in total. The highest BCUT2D eigenvalue weighted by atomic mass is 16.5. The fourth-order valence-electron chi connectivity index (χ4n) is 1.86. The Labute approximate surface area is 101 Å². The molecule has 1 unspecified atom stereocenters. The van der Waals surface area contributed by atoms with Gasteiger partial charge in [0.2, 0.25) is 0 Å². The minimum atomic E-state index is 0.165. The highest BCUT2D eigenvalue weighted by molar-refractivity contribution is 6.00. The standard InChI is InChI=1S/C13H17NO3/c1-2-13(14-15)10-3-5-11(6-4-10)17-12-7-8-16-9-12/h3-6,12,15H,2,7-9H2,1H3. The summed E-state index contributed by atoms with van der Waals surface area (Å²) in [7, 11) is 0. The molecule has 0 aliphatic carbocycles. The van der Waals surface area contributed by atoms with Crippen LogP contribution in [0.15, 0.2) is 29.4 Å². The van der Waals surface area contributed by atoms with Crippen molar-refractivity contribution in [2.75, 3.05) is 13.2 Å². The van der Waals surface area contributed by atoms with Crippen molar-refractivity contribution in [3.05, 3.63) is 29.8 Å². The van der Waals surface area contributed by atoms with Crippen LogP contribution >= 0.6 is 0 Å². The van der Waals surface area contributed by atoms with E-state index in [0.717, 1.165) is 24.3 Å². The Morgan fingerprint density at radius 1 is 1.47 bits per heavy atom. The van der Waals surface area contributed by atoms with Crippen molar-refractivity contribution in [3.8, 4) is 5.75 Å². The average Bonchev–Trinajstić information content (AvgIpc) is 2.86. The third kappa shape index (κ3) is 2.97. The molecule has 1 aromatic carbocycles. The van der Waals surface area contributed by atoms with Gasteiger partial charge in [-0.2, -0.15) is 0 Å². The van der Waals surface area contributed by atoms with Crippen LogP contribution in [0.25, 0.3) is 0 Å². The Bertz CT molecular complexity index is 380. The second kappa shape index (κ2) is 5.68. The van der Waals surface area contributed by atoms with Crippen LogP contribution in [0.4, 0.5) is 0 Å². The average molecular weight is 235 g/mol. The predicted molar refractivity (Wildman–Crippen MR) is 64.9 cm³/mol. The van der Waals surface area contributed by atoms with Crippen LogP contribution in [-0.4, -0.2) is 30.2 Å². The maximum Gasteiger partial charge on any atom is 0.124 e. The van der Waals surface area contributed by atoms with Crippen LogP contribution in [0.2, 0.25) is 0 Å². The fourth-order valence-corrected chi connectivity index (χ4v) is 1.86. The second-order valence-electron chi connectivity index (χ2n) is 4.03. The second-order valence-corrected chi connectivity index (χ2v) is 4.03. The Balaban J connectivity index is 2.02. The Morgan fingerprint density at radius 2 is 2.24 bits per heavy atom. The maximum atomic E-state index is 8.82. The van der Waals surface area contributed by atoms with Crippen LogP contribution in [0.3, 0.4) is 0 Å². The van der Waals surface area contributed by atoms with Gasteiger partial charge >= 0.3 is 0 Å². The Hall–Kier alpha value is -1.55. The Morgan fingerprint density at radius 3 is 2.76 bits per heavy atom. The van der Waals surface area contributed by atoms with E-state index in [0.29, 0.717) is 18.7 Å². The first-order chi connectivity index (χ1) is 8.33. The van der Waals surface area contributed by atoms with E-state index in [4.69, 9.17) is 14.7 Å². The van der Waals surface area contributed by atoms with Crippen molar-refractivity contribution in [2.45, 2.75) is 25.9 Å². The van der Waals surface area contributed by atoms with E-state index < -0.39 is 0 Å². The molecule has 92 valence electrons. The minimum Gasteiger partial charge on any atom is -0.488 e. The summed E-state index contributed by atoms with van der Waals surface area (Å²) in [6, 6.07) is 7.61. The van der Waals surface area contributed by atoms with Gasteiger partial charge in [0.25, 0.3) is 0 Å². The van der Waals surface area contributed by atoms with Crippen molar-refractivity contribution in [1.29, 1.82) is 0 Å². The predicted octanol–water partition coefficient (Wildman–Crippen LogP) is 2.44. The lowest BCUT2D eigenvalue weighted by Gasteiger charge is -2.12. The van der Waals surface area contributed by atoms with E-state index in [-0.39, 0.29) is 6.10 Å². The zero-order chi connectivity index (χ0) is 12.1. The van der Waals surface area contributed by atoms with Gasteiger partial charge in [0.05, 0.1) is 18.9 Å². The number of benzene rings is 1. The zero-order valence-electron chi connectivity index (χ0n) is 9.93. The number of hydrogen-bond donors (Lipinski definition) is 1.